The van der Waals surface area contributed by atoms with Crippen LogP contribution in [0.3, 0.4) is 0 Å². The highest BCUT2D eigenvalue weighted by molar-refractivity contribution is 7.13. The summed E-state index contributed by atoms with van der Waals surface area (Å²) >= 11 is 1.41. The van der Waals surface area contributed by atoms with E-state index in [2.05, 4.69) is 15.3 Å². The molecular weight excluding hydrogens is 318 g/mol. The molecule has 1 atom stereocenters. The lowest BCUT2D eigenvalue weighted by Crippen LogP contribution is -2.40. The van der Waals surface area contributed by atoms with E-state index < -0.39 is 5.97 Å². The number of hydrogen-bond donors (Lipinski definition) is 1. The Kier molecular flexibility index (Phi) is 4.12. The molecule has 8 nitrogen and oxygen atoms in total. The molecule has 2 aromatic rings. The van der Waals surface area contributed by atoms with Crippen LogP contribution in [0.2, 0.25) is 0 Å². The molecule has 3 heterocycles. The maximum Gasteiger partial charge on any atom is 0.358 e. The molecule has 23 heavy (non-hydrogen) atoms. The van der Waals surface area contributed by atoms with Gasteiger partial charge in [0.25, 0.3) is 5.91 Å². The van der Waals surface area contributed by atoms with Crippen molar-refractivity contribution in [2.75, 3.05) is 13.1 Å². The quantitative estimate of drug-likeness (QED) is 0.913. The second-order valence-electron chi connectivity index (χ2n) is 5.58. The van der Waals surface area contributed by atoms with Crippen molar-refractivity contribution in [2.24, 2.45) is 0 Å². The molecule has 3 rings (SSSR count). The molecule has 1 fully saturated rings. The van der Waals surface area contributed by atoms with Crippen molar-refractivity contribution in [2.45, 2.75) is 32.7 Å². The summed E-state index contributed by atoms with van der Waals surface area (Å²) in [7, 11) is 0. The summed E-state index contributed by atoms with van der Waals surface area (Å²) in [6.45, 7) is 4.91. The molecule has 1 aliphatic heterocycles. The number of aromatic nitrogens is 4. The smallest absolute Gasteiger partial charge is 0.358 e. The molecule has 0 aliphatic carbocycles. The van der Waals surface area contributed by atoms with Crippen molar-refractivity contribution in [3.8, 4) is 0 Å². The van der Waals surface area contributed by atoms with Gasteiger partial charge in [-0.1, -0.05) is 5.21 Å². The lowest BCUT2D eigenvalue weighted by Gasteiger charge is -2.32. The second kappa shape index (κ2) is 6.07. The number of nitrogens with zero attached hydrogens (tertiary/aromatic N) is 5. The number of carboxylic acids is 1. The van der Waals surface area contributed by atoms with Crippen LogP contribution in [0.25, 0.3) is 0 Å². The van der Waals surface area contributed by atoms with Crippen LogP contribution in [0.4, 0.5) is 0 Å². The zero-order chi connectivity index (χ0) is 16.6. The molecule has 0 saturated carbocycles. The first-order valence-corrected chi connectivity index (χ1v) is 8.16. The van der Waals surface area contributed by atoms with Gasteiger partial charge < -0.3 is 10.0 Å². The van der Waals surface area contributed by atoms with Gasteiger partial charge in [-0.15, -0.1) is 16.4 Å². The minimum absolute atomic E-state index is 0.0172. The van der Waals surface area contributed by atoms with Gasteiger partial charge in [-0.25, -0.2) is 14.5 Å². The van der Waals surface area contributed by atoms with E-state index in [0.29, 0.717) is 18.0 Å². The first-order valence-electron chi connectivity index (χ1n) is 7.34. The lowest BCUT2D eigenvalue weighted by molar-refractivity contribution is 0.0669. The monoisotopic (exact) mass is 335 g/mol. The predicted molar refractivity (Wildman–Crippen MR) is 82.7 cm³/mol. The van der Waals surface area contributed by atoms with Crippen LogP contribution in [0, 0.1) is 13.8 Å². The molecule has 0 spiro atoms. The van der Waals surface area contributed by atoms with Crippen molar-refractivity contribution >= 4 is 23.2 Å². The topological polar surface area (TPSA) is 101 Å². The fourth-order valence-electron chi connectivity index (χ4n) is 2.78. The van der Waals surface area contributed by atoms with Crippen molar-refractivity contribution in [3.05, 3.63) is 27.5 Å². The van der Waals surface area contributed by atoms with Crippen LogP contribution >= 0.6 is 11.3 Å². The number of carboxylic acid groups (broad SMARTS) is 1. The third-order valence-corrected chi connectivity index (χ3v) is 4.95. The highest BCUT2D eigenvalue weighted by Crippen LogP contribution is 2.25. The number of piperidine rings is 1. The average molecular weight is 335 g/mol. The predicted octanol–water partition coefficient (Wildman–Crippen LogP) is 1.53. The van der Waals surface area contributed by atoms with Crippen LogP contribution in [-0.2, 0) is 0 Å². The number of aryl methyl sites for hydroxylation is 2. The Balaban J connectivity index is 1.76. The SMILES string of the molecule is Cc1nc(C)c(C(=O)N2CCCC(n3cc(C(=O)O)nn3)C2)s1. The van der Waals surface area contributed by atoms with Gasteiger partial charge in [0.15, 0.2) is 5.69 Å². The van der Waals surface area contributed by atoms with E-state index in [1.807, 2.05) is 13.8 Å². The lowest BCUT2D eigenvalue weighted by atomic mass is 10.1. The molecule has 122 valence electrons. The Morgan fingerprint density at radius 2 is 2.17 bits per heavy atom. The van der Waals surface area contributed by atoms with Gasteiger partial charge in [-0.3, -0.25) is 4.79 Å². The zero-order valence-corrected chi connectivity index (χ0v) is 13.7. The summed E-state index contributed by atoms with van der Waals surface area (Å²) in [6.07, 6.45) is 3.10. The highest BCUT2D eigenvalue weighted by Gasteiger charge is 2.28. The number of aromatic carboxylic acids is 1. The van der Waals surface area contributed by atoms with Gasteiger partial charge in [0.2, 0.25) is 0 Å². The van der Waals surface area contributed by atoms with E-state index in [-0.39, 0.29) is 17.6 Å². The van der Waals surface area contributed by atoms with Gasteiger partial charge in [-0.2, -0.15) is 0 Å². The fourth-order valence-corrected chi connectivity index (χ4v) is 3.67. The summed E-state index contributed by atoms with van der Waals surface area (Å²) in [6, 6.07) is -0.0531. The number of thiazole rings is 1. The Bertz CT molecular complexity index is 753. The first-order chi connectivity index (χ1) is 11.0. The molecule has 0 bridgehead atoms. The van der Waals surface area contributed by atoms with Crippen LogP contribution in [0.15, 0.2) is 6.20 Å². The number of likely N-dealkylation sites (tertiary alicyclic amines) is 1. The largest absolute Gasteiger partial charge is 0.476 e. The van der Waals surface area contributed by atoms with E-state index in [1.165, 1.54) is 17.5 Å². The van der Waals surface area contributed by atoms with Gasteiger partial charge in [0.05, 0.1) is 22.9 Å². The summed E-state index contributed by atoms with van der Waals surface area (Å²) in [5.41, 5.74) is 0.677. The van der Waals surface area contributed by atoms with E-state index in [1.54, 1.807) is 9.58 Å². The summed E-state index contributed by atoms with van der Waals surface area (Å²) in [5.74, 6) is -1.12. The fraction of sp³-hybridized carbons (Fsp3) is 0.500. The van der Waals surface area contributed by atoms with Gasteiger partial charge in [0, 0.05) is 13.1 Å². The molecule has 9 heteroatoms. The molecule has 1 unspecified atom stereocenters. The Morgan fingerprint density at radius 1 is 1.39 bits per heavy atom. The van der Waals surface area contributed by atoms with Crippen molar-refractivity contribution in [3.63, 3.8) is 0 Å². The normalized spacial score (nSPS) is 18.2. The van der Waals surface area contributed by atoms with E-state index in [0.717, 1.165) is 23.5 Å². The minimum atomic E-state index is -1.10. The van der Waals surface area contributed by atoms with Crippen LogP contribution in [0.1, 0.15) is 49.7 Å². The van der Waals surface area contributed by atoms with Gasteiger partial charge in [-0.05, 0) is 26.7 Å². The molecule has 1 aliphatic rings. The Hall–Kier alpha value is -2.29. The molecule has 0 aromatic carbocycles. The van der Waals surface area contributed by atoms with Gasteiger partial charge >= 0.3 is 5.97 Å². The van der Waals surface area contributed by atoms with E-state index in [9.17, 15) is 9.59 Å². The van der Waals surface area contributed by atoms with Crippen molar-refractivity contribution < 1.29 is 14.7 Å². The number of hydrogen-bond acceptors (Lipinski definition) is 6. The number of amides is 1. The summed E-state index contributed by atoms with van der Waals surface area (Å²) < 4.78 is 1.55. The minimum Gasteiger partial charge on any atom is -0.476 e. The Morgan fingerprint density at radius 3 is 2.78 bits per heavy atom. The zero-order valence-electron chi connectivity index (χ0n) is 12.9. The summed E-state index contributed by atoms with van der Waals surface area (Å²) in [5, 5.41) is 17.3. The first kappa shape index (κ1) is 15.6. The number of carbonyl (C=O) groups excluding carboxylic acids is 1. The Labute approximate surface area is 136 Å². The second-order valence-corrected chi connectivity index (χ2v) is 6.79. The summed E-state index contributed by atoms with van der Waals surface area (Å²) in [4.78, 5) is 30.4. The van der Waals surface area contributed by atoms with E-state index in [4.69, 9.17) is 5.11 Å². The molecular formula is C14H17N5O3S. The van der Waals surface area contributed by atoms with Crippen LogP contribution < -0.4 is 0 Å². The standard InChI is InChI=1S/C14H17N5O3S/c1-8-12(23-9(2)15-8)13(20)18-5-3-4-10(6-18)19-7-11(14(21)22)16-17-19/h7,10H,3-6H2,1-2H3,(H,21,22). The third-order valence-electron chi connectivity index (χ3n) is 3.89. The number of carbonyl (C=O) groups is 2. The molecule has 1 amide bonds. The number of rotatable bonds is 3. The third kappa shape index (κ3) is 3.09. The van der Waals surface area contributed by atoms with Gasteiger partial charge in [0.1, 0.15) is 4.88 Å². The van der Waals surface area contributed by atoms with Crippen molar-refractivity contribution in [1.82, 2.24) is 24.9 Å². The van der Waals surface area contributed by atoms with Crippen LogP contribution in [0.5, 0.6) is 0 Å². The maximum absolute atomic E-state index is 12.7. The highest BCUT2D eigenvalue weighted by atomic mass is 32.1. The van der Waals surface area contributed by atoms with E-state index >= 15 is 0 Å². The molecule has 1 N–H and O–H groups in total. The molecule has 2 aromatic heterocycles. The maximum atomic E-state index is 12.7. The molecule has 1 saturated heterocycles. The molecule has 0 radical (unpaired) electrons. The average Bonchev–Trinajstić information content (AvgIpc) is 3.13. The van der Waals surface area contributed by atoms with Crippen molar-refractivity contribution in [1.29, 1.82) is 0 Å². The van der Waals surface area contributed by atoms with Crippen LogP contribution in [-0.4, -0.2) is 55.0 Å².